The van der Waals surface area contributed by atoms with Crippen molar-refractivity contribution < 1.29 is 4.79 Å². The van der Waals surface area contributed by atoms with Crippen LogP contribution in [0, 0.1) is 0 Å². The Morgan fingerprint density at radius 2 is 2.12 bits per heavy atom. The average Bonchev–Trinajstić information content (AvgIpc) is 2.29. The Morgan fingerprint density at radius 1 is 1.31 bits per heavy atom. The molecule has 0 unspecified atom stereocenters. The lowest BCUT2D eigenvalue weighted by Gasteiger charge is -2.00. The molecule has 0 spiro atoms. The minimum Gasteiger partial charge on any atom is -0.275 e. The largest absolute Gasteiger partial charge is 0.275 e. The third kappa shape index (κ3) is 2.15. The highest BCUT2D eigenvalue weighted by molar-refractivity contribution is 6.68. The highest BCUT2D eigenvalue weighted by Gasteiger charge is 2.12. The van der Waals surface area contributed by atoms with Crippen LogP contribution in [0.25, 0.3) is 11.5 Å². The first kappa shape index (κ1) is 10.9. The molecule has 0 amide bonds. The summed E-state index contributed by atoms with van der Waals surface area (Å²) in [5, 5.41) is -0.692. The van der Waals surface area contributed by atoms with Crippen molar-refractivity contribution in [2.75, 3.05) is 0 Å². The van der Waals surface area contributed by atoms with Crippen molar-refractivity contribution in [2.24, 2.45) is 0 Å². The van der Waals surface area contributed by atoms with Gasteiger partial charge in [-0.05, 0) is 17.7 Å². The Labute approximate surface area is 101 Å². The number of hydrogen-bond acceptors (Lipinski definition) is 5. The summed E-state index contributed by atoms with van der Waals surface area (Å²) < 4.78 is 0. The Bertz CT molecular complexity index is 532. The summed E-state index contributed by atoms with van der Waals surface area (Å²) >= 11 is 11.1. The van der Waals surface area contributed by atoms with Crippen LogP contribution in [0.3, 0.4) is 0 Å². The summed E-state index contributed by atoms with van der Waals surface area (Å²) in [6.07, 6.45) is 4.19. The van der Waals surface area contributed by atoms with Crippen molar-refractivity contribution in [1.82, 2.24) is 19.9 Å². The normalized spacial score (nSPS) is 10.1. The maximum atomic E-state index is 10.9. The van der Waals surface area contributed by atoms with Crippen LogP contribution < -0.4 is 0 Å². The van der Waals surface area contributed by atoms with Gasteiger partial charge in [-0.3, -0.25) is 4.79 Å². The molecule has 0 bridgehead atoms. The first-order valence-corrected chi connectivity index (χ1v) is 4.93. The number of carbonyl (C=O) groups excluding carboxylic acids is 1. The molecule has 0 aliphatic carbocycles. The van der Waals surface area contributed by atoms with Crippen LogP contribution in [0.5, 0.6) is 0 Å². The summed E-state index contributed by atoms with van der Waals surface area (Å²) in [5.41, 5.74) is 0.589. The Hall–Kier alpha value is -1.59. The van der Waals surface area contributed by atoms with Crippen molar-refractivity contribution in [3.8, 4) is 11.5 Å². The third-order valence-electron chi connectivity index (χ3n) is 1.77. The zero-order valence-electron chi connectivity index (χ0n) is 7.76. The van der Waals surface area contributed by atoms with Gasteiger partial charge < -0.3 is 0 Å². The van der Waals surface area contributed by atoms with E-state index in [2.05, 4.69) is 19.9 Å². The van der Waals surface area contributed by atoms with Crippen LogP contribution in [0.4, 0.5) is 0 Å². The molecule has 0 atom stereocenters. The zero-order chi connectivity index (χ0) is 11.5. The minimum absolute atomic E-state index is 0.00334. The molecular formula is C9H4Cl2N4O. The molecule has 0 aromatic carbocycles. The molecule has 2 rings (SSSR count). The summed E-state index contributed by atoms with van der Waals surface area (Å²) in [6.45, 7) is 0. The second-order valence-electron chi connectivity index (χ2n) is 2.77. The number of hydrogen-bond donors (Lipinski definition) is 0. The van der Waals surface area contributed by atoms with Gasteiger partial charge in [0.2, 0.25) is 0 Å². The standard InChI is InChI=1S/C9H4Cl2N4O/c10-7-5(8(11)16)3-13-9(15-7)6-1-2-12-4-14-6/h1-4H. The van der Waals surface area contributed by atoms with Crippen LogP contribution in [0.2, 0.25) is 5.15 Å². The molecule has 0 aliphatic rings. The topological polar surface area (TPSA) is 68.6 Å². The van der Waals surface area contributed by atoms with Gasteiger partial charge in [-0.25, -0.2) is 19.9 Å². The van der Waals surface area contributed by atoms with Crippen molar-refractivity contribution in [1.29, 1.82) is 0 Å². The summed E-state index contributed by atoms with van der Waals surface area (Å²) in [6, 6.07) is 1.63. The fourth-order valence-electron chi connectivity index (χ4n) is 1.04. The molecule has 16 heavy (non-hydrogen) atoms. The van der Waals surface area contributed by atoms with E-state index in [0.717, 1.165) is 0 Å². The Kier molecular flexibility index (Phi) is 3.07. The van der Waals surface area contributed by atoms with Gasteiger partial charge in [0, 0.05) is 12.4 Å². The van der Waals surface area contributed by atoms with Gasteiger partial charge in [0.15, 0.2) is 5.82 Å². The predicted octanol–water partition coefficient (Wildman–Crippen LogP) is 1.97. The van der Waals surface area contributed by atoms with Crippen LogP contribution in [0.15, 0.2) is 24.8 Å². The highest BCUT2D eigenvalue weighted by atomic mass is 35.5. The van der Waals surface area contributed by atoms with Gasteiger partial charge in [-0.1, -0.05) is 11.6 Å². The van der Waals surface area contributed by atoms with Gasteiger partial charge in [-0.2, -0.15) is 0 Å². The molecule has 2 heterocycles. The van der Waals surface area contributed by atoms with Crippen molar-refractivity contribution in [3.63, 3.8) is 0 Å². The average molecular weight is 255 g/mol. The van der Waals surface area contributed by atoms with E-state index in [4.69, 9.17) is 23.2 Å². The second kappa shape index (κ2) is 4.51. The third-order valence-corrected chi connectivity index (χ3v) is 2.26. The zero-order valence-corrected chi connectivity index (χ0v) is 9.27. The fraction of sp³-hybridized carbons (Fsp3) is 0. The summed E-state index contributed by atoms with van der Waals surface area (Å²) in [4.78, 5) is 26.5. The molecule has 2 aromatic heterocycles. The Balaban J connectivity index is 2.46. The van der Waals surface area contributed by atoms with Gasteiger partial charge >= 0.3 is 0 Å². The van der Waals surface area contributed by atoms with Crippen LogP contribution in [-0.2, 0) is 0 Å². The molecule has 7 heteroatoms. The van der Waals surface area contributed by atoms with Crippen LogP contribution in [-0.4, -0.2) is 25.2 Å². The molecular weight excluding hydrogens is 251 g/mol. The van der Waals surface area contributed by atoms with Gasteiger partial charge in [-0.15, -0.1) is 0 Å². The molecule has 0 radical (unpaired) electrons. The van der Waals surface area contributed by atoms with Gasteiger partial charge in [0.05, 0.1) is 5.56 Å². The lowest BCUT2D eigenvalue weighted by molar-refractivity contribution is 0.108. The van der Waals surface area contributed by atoms with Gasteiger partial charge in [0.1, 0.15) is 17.2 Å². The molecule has 0 saturated carbocycles. The molecule has 0 fully saturated rings. The number of rotatable bonds is 2. The smallest absolute Gasteiger partial charge is 0.257 e. The van der Waals surface area contributed by atoms with E-state index < -0.39 is 5.24 Å². The van der Waals surface area contributed by atoms with E-state index in [1.807, 2.05) is 0 Å². The maximum Gasteiger partial charge on any atom is 0.257 e. The number of halogens is 2. The van der Waals surface area contributed by atoms with E-state index in [-0.39, 0.29) is 10.7 Å². The van der Waals surface area contributed by atoms with E-state index in [1.165, 1.54) is 12.5 Å². The predicted molar refractivity (Wildman–Crippen MR) is 58.3 cm³/mol. The van der Waals surface area contributed by atoms with Crippen molar-refractivity contribution in [2.45, 2.75) is 0 Å². The molecule has 2 aromatic rings. The lowest BCUT2D eigenvalue weighted by atomic mass is 10.3. The molecule has 0 aliphatic heterocycles. The van der Waals surface area contributed by atoms with Crippen LogP contribution >= 0.6 is 23.2 Å². The van der Waals surface area contributed by atoms with E-state index >= 15 is 0 Å². The number of aromatic nitrogens is 4. The minimum atomic E-state index is -0.695. The van der Waals surface area contributed by atoms with E-state index in [0.29, 0.717) is 11.5 Å². The maximum absolute atomic E-state index is 10.9. The summed E-state index contributed by atoms with van der Waals surface area (Å²) in [7, 11) is 0. The highest BCUT2D eigenvalue weighted by Crippen LogP contribution is 2.18. The quantitative estimate of drug-likeness (QED) is 0.606. The summed E-state index contributed by atoms with van der Waals surface area (Å²) in [5.74, 6) is 0.314. The second-order valence-corrected chi connectivity index (χ2v) is 3.47. The van der Waals surface area contributed by atoms with Crippen molar-refractivity contribution >= 4 is 28.4 Å². The Morgan fingerprint density at radius 3 is 2.69 bits per heavy atom. The van der Waals surface area contributed by atoms with Gasteiger partial charge in [0.25, 0.3) is 5.24 Å². The van der Waals surface area contributed by atoms with Crippen LogP contribution in [0.1, 0.15) is 10.4 Å². The molecule has 80 valence electrons. The first-order chi connectivity index (χ1) is 7.68. The number of carbonyl (C=O) groups is 1. The van der Waals surface area contributed by atoms with E-state index in [9.17, 15) is 4.79 Å². The molecule has 0 N–H and O–H groups in total. The SMILES string of the molecule is O=C(Cl)c1cnc(-c2ccncn2)nc1Cl. The number of nitrogens with zero attached hydrogens (tertiary/aromatic N) is 4. The van der Waals surface area contributed by atoms with Crippen molar-refractivity contribution in [3.05, 3.63) is 35.5 Å². The lowest BCUT2D eigenvalue weighted by Crippen LogP contribution is -1.98. The van der Waals surface area contributed by atoms with E-state index in [1.54, 1.807) is 12.3 Å². The molecule has 0 saturated heterocycles. The monoisotopic (exact) mass is 254 g/mol. The fourth-order valence-corrected chi connectivity index (χ4v) is 1.44. The molecule has 5 nitrogen and oxygen atoms in total. The first-order valence-electron chi connectivity index (χ1n) is 4.17.